The van der Waals surface area contributed by atoms with Gasteiger partial charge in [-0.1, -0.05) is 0 Å². The van der Waals surface area contributed by atoms with Crippen LogP contribution < -0.4 is 4.74 Å². The number of ether oxygens (including phenoxy) is 2. The predicted octanol–water partition coefficient (Wildman–Crippen LogP) is 1.76. The first-order chi connectivity index (χ1) is 7.74. The van der Waals surface area contributed by atoms with E-state index in [-0.39, 0.29) is 0 Å². The van der Waals surface area contributed by atoms with Crippen molar-refractivity contribution in [2.75, 3.05) is 14.1 Å². The van der Waals surface area contributed by atoms with Gasteiger partial charge < -0.3 is 9.47 Å². The molecule has 0 fully saturated rings. The van der Waals surface area contributed by atoms with Gasteiger partial charge in [0.2, 0.25) is 0 Å². The second-order valence-corrected chi connectivity index (χ2v) is 2.36. The molecular formula is C9H8F2O3. The number of hydrogen-bond acceptors (Lipinski definition) is 3. The average Bonchev–Trinajstić information content (AvgIpc) is 2.13. The number of carbonyl (C=O) groups is 1. The minimum atomic E-state index is -2.83. The van der Waals surface area contributed by atoms with Gasteiger partial charge in [-0.05, 0) is 0 Å². The molecule has 0 amide bonds. The van der Waals surface area contributed by atoms with E-state index < -0.39 is 36.0 Å². The summed E-state index contributed by atoms with van der Waals surface area (Å²) in [5.74, 6) is -4.24. The third-order valence-corrected chi connectivity index (χ3v) is 1.52. The minimum Gasteiger partial charge on any atom is -0.497 e. The van der Waals surface area contributed by atoms with E-state index in [1.54, 1.807) is 0 Å². The lowest BCUT2D eigenvalue weighted by Crippen LogP contribution is -2.08. The highest BCUT2D eigenvalue weighted by Crippen LogP contribution is 2.20. The lowest BCUT2D eigenvalue weighted by atomic mass is 10.2. The lowest BCUT2D eigenvalue weighted by molar-refractivity contribution is 0.0589. The molecule has 0 saturated carbocycles. The summed E-state index contributed by atoms with van der Waals surface area (Å²) in [6, 6.07) is 1.20. The molecule has 1 aromatic rings. The Balaban J connectivity index is 3.14. The number of hydrogen-bond donors (Lipinski definition) is 0. The molecule has 0 N–H and O–H groups in total. The summed E-state index contributed by atoms with van der Waals surface area (Å²) < 4.78 is 55.4. The average molecular weight is 205 g/mol. The van der Waals surface area contributed by atoms with Gasteiger partial charge in [-0.3, -0.25) is 0 Å². The highest BCUT2D eigenvalue weighted by atomic mass is 19.1. The zero-order valence-electron chi connectivity index (χ0n) is 10.1. The molecule has 14 heavy (non-hydrogen) atoms. The molecule has 0 saturated heterocycles. The number of rotatable bonds is 2. The van der Waals surface area contributed by atoms with E-state index in [2.05, 4.69) is 9.47 Å². The predicted molar refractivity (Wildman–Crippen MR) is 44.2 cm³/mol. The second kappa shape index (κ2) is 4.04. The Morgan fingerprint density at radius 2 is 2.00 bits per heavy atom. The Bertz CT molecular complexity index is 423. The van der Waals surface area contributed by atoms with Gasteiger partial charge in [0, 0.05) is 12.1 Å². The normalized spacial score (nSPS) is 13.8. The molecule has 0 spiro atoms. The SMILES string of the molecule is [2H]C([2H])([2H])Oc1cc(F)c(C(=O)OC)c(F)c1. The number of methoxy groups -OCH3 is 2. The van der Waals surface area contributed by atoms with Crippen LogP contribution >= 0.6 is 0 Å². The van der Waals surface area contributed by atoms with Gasteiger partial charge >= 0.3 is 5.97 Å². The zero-order chi connectivity index (χ0) is 13.2. The fourth-order valence-electron chi connectivity index (χ4n) is 0.906. The maximum Gasteiger partial charge on any atom is 0.343 e. The molecule has 5 heteroatoms. The van der Waals surface area contributed by atoms with Gasteiger partial charge in [0.15, 0.2) is 0 Å². The third kappa shape index (κ3) is 1.81. The van der Waals surface area contributed by atoms with E-state index >= 15 is 0 Å². The van der Waals surface area contributed by atoms with Crippen LogP contribution in [-0.2, 0) is 4.74 Å². The van der Waals surface area contributed by atoms with Crippen molar-refractivity contribution in [2.24, 2.45) is 0 Å². The van der Waals surface area contributed by atoms with Crippen LogP contribution in [-0.4, -0.2) is 20.1 Å². The summed E-state index contributed by atoms with van der Waals surface area (Å²) in [5.41, 5.74) is -0.898. The van der Waals surface area contributed by atoms with Crippen molar-refractivity contribution in [3.8, 4) is 5.75 Å². The Morgan fingerprint density at radius 1 is 1.43 bits per heavy atom. The van der Waals surface area contributed by atoms with Crippen molar-refractivity contribution in [1.29, 1.82) is 0 Å². The fourth-order valence-corrected chi connectivity index (χ4v) is 0.906. The number of carbonyl (C=O) groups excluding carboxylic acids is 1. The molecule has 0 aliphatic carbocycles. The van der Waals surface area contributed by atoms with Gasteiger partial charge in [-0.2, -0.15) is 0 Å². The van der Waals surface area contributed by atoms with E-state index in [0.29, 0.717) is 12.1 Å². The summed E-state index contributed by atoms with van der Waals surface area (Å²) in [7, 11) is -1.86. The second-order valence-electron chi connectivity index (χ2n) is 2.36. The van der Waals surface area contributed by atoms with Crippen LogP contribution in [0.4, 0.5) is 8.78 Å². The maximum atomic E-state index is 13.3. The van der Waals surface area contributed by atoms with Crippen molar-refractivity contribution in [3.63, 3.8) is 0 Å². The molecular weight excluding hydrogens is 194 g/mol. The van der Waals surface area contributed by atoms with Gasteiger partial charge in [0.25, 0.3) is 0 Å². The molecule has 0 aliphatic rings. The van der Waals surface area contributed by atoms with E-state index in [0.717, 1.165) is 7.11 Å². The summed E-state index contributed by atoms with van der Waals surface area (Å²) in [5, 5.41) is 0. The Labute approximate surface area is 83.5 Å². The molecule has 76 valence electrons. The Kier molecular flexibility index (Phi) is 1.95. The summed E-state index contributed by atoms with van der Waals surface area (Å²) in [6.07, 6.45) is 0. The Hall–Kier alpha value is -1.65. The standard InChI is InChI=1S/C9H8F2O3/c1-13-5-3-6(10)8(7(11)4-5)9(12)14-2/h3-4H,1-2H3/i1D3. The molecule has 1 aromatic carbocycles. The zero-order valence-corrected chi connectivity index (χ0v) is 7.14. The van der Waals surface area contributed by atoms with Crippen LogP contribution in [0.5, 0.6) is 5.75 Å². The maximum absolute atomic E-state index is 13.3. The van der Waals surface area contributed by atoms with Gasteiger partial charge in [0.1, 0.15) is 22.9 Å². The number of halogens is 2. The first-order valence-electron chi connectivity index (χ1n) is 5.01. The van der Waals surface area contributed by atoms with Crippen molar-refractivity contribution in [1.82, 2.24) is 0 Å². The van der Waals surface area contributed by atoms with Gasteiger partial charge in [0.05, 0.1) is 18.3 Å². The Morgan fingerprint density at radius 3 is 2.43 bits per heavy atom. The quantitative estimate of drug-likeness (QED) is 0.690. The molecule has 0 atom stereocenters. The highest BCUT2D eigenvalue weighted by Gasteiger charge is 2.19. The van der Waals surface area contributed by atoms with Crippen molar-refractivity contribution >= 4 is 5.97 Å². The topological polar surface area (TPSA) is 35.5 Å². The van der Waals surface area contributed by atoms with E-state index in [1.807, 2.05) is 0 Å². The fraction of sp³-hybridized carbons (Fsp3) is 0.222. The summed E-state index contributed by atoms with van der Waals surface area (Å²) >= 11 is 0. The molecule has 0 heterocycles. The first-order valence-corrected chi connectivity index (χ1v) is 3.51. The van der Waals surface area contributed by atoms with Crippen molar-refractivity contribution in [2.45, 2.75) is 0 Å². The molecule has 0 bridgehead atoms. The summed E-state index contributed by atoms with van der Waals surface area (Å²) in [4.78, 5) is 11.0. The smallest absolute Gasteiger partial charge is 0.343 e. The van der Waals surface area contributed by atoms with E-state index in [1.165, 1.54) is 0 Å². The van der Waals surface area contributed by atoms with Gasteiger partial charge in [-0.25, -0.2) is 13.6 Å². The lowest BCUT2D eigenvalue weighted by Gasteiger charge is -2.05. The molecule has 0 radical (unpaired) electrons. The largest absolute Gasteiger partial charge is 0.497 e. The van der Waals surface area contributed by atoms with Gasteiger partial charge in [-0.15, -0.1) is 0 Å². The summed E-state index contributed by atoms with van der Waals surface area (Å²) in [6.45, 7) is 0. The monoisotopic (exact) mass is 205 g/mol. The van der Waals surface area contributed by atoms with Crippen LogP contribution in [0.2, 0.25) is 0 Å². The van der Waals surface area contributed by atoms with Crippen LogP contribution in [0.15, 0.2) is 12.1 Å². The molecule has 0 aromatic heterocycles. The number of benzene rings is 1. The molecule has 3 nitrogen and oxygen atoms in total. The minimum absolute atomic E-state index is 0.535. The first kappa shape index (κ1) is 6.75. The van der Waals surface area contributed by atoms with Crippen LogP contribution in [0.25, 0.3) is 0 Å². The molecule has 1 rings (SSSR count). The highest BCUT2D eigenvalue weighted by molar-refractivity contribution is 5.90. The van der Waals surface area contributed by atoms with Crippen molar-refractivity contribution in [3.05, 3.63) is 29.3 Å². The van der Waals surface area contributed by atoms with E-state index in [4.69, 9.17) is 4.11 Å². The third-order valence-electron chi connectivity index (χ3n) is 1.52. The van der Waals surface area contributed by atoms with Crippen LogP contribution in [0.1, 0.15) is 14.5 Å². The number of esters is 1. The molecule has 0 unspecified atom stereocenters. The van der Waals surface area contributed by atoms with Crippen LogP contribution in [0.3, 0.4) is 0 Å². The van der Waals surface area contributed by atoms with Crippen molar-refractivity contribution < 1.29 is 27.2 Å². The van der Waals surface area contributed by atoms with E-state index in [9.17, 15) is 13.6 Å². The molecule has 0 aliphatic heterocycles. The van der Waals surface area contributed by atoms with Crippen LogP contribution in [0, 0.1) is 11.6 Å².